The summed E-state index contributed by atoms with van der Waals surface area (Å²) in [6, 6.07) is 5.34. The number of hydrogen-bond donors (Lipinski definition) is 3. The molecular weight excluding hydrogens is 240 g/mol. The summed E-state index contributed by atoms with van der Waals surface area (Å²) < 4.78 is 4.63. The van der Waals surface area contributed by atoms with Gasteiger partial charge in [0, 0.05) is 6.07 Å². The lowest BCUT2D eigenvalue weighted by Gasteiger charge is -2.07. The molecule has 7 heteroatoms. The Kier molecular flexibility index (Phi) is 2.96. The van der Waals surface area contributed by atoms with Gasteiger partial charge in [0.25, 0.3) is 5.91 Å². The molecule has 0 radical (unpaired) electrons. The van der Waals surface area contributed by atoms with E-state index in [-0.39, 0.29) is 17.0 Å². The smallest absolute Gasteiger partial charge is 0.339 e. The number of anilines is 1. The van der Waals surface area contributed by atoms with Crippen molar-refractivity contribution in [1.82, 2.24) is 5.16 Å². The molecule has 1 amide bonds. The van der Waals surface area contributed by atoms with Crippen molar-refractivity contribution in [3.63, 3.8) is 0 Å². The van der Waals surface area contributed by atoms with Crippen LogP contribution in [0.4, 0.5) is 5.69 Å². The monoisotopic (exact) mass is 248 g/mol. The lowest BCUT2D eigenvalue weighted by atomic mass is 10.1. The van der Waals surface area contributed by atoms with E-state index in [0.29, 0.717) is 0 Å². The highest BCUT2D eigenvalue weighted by Gasteiger charge is 2.16. The Morgan fingerprint density at radius 1 is 1.28 bits per heavy atom. The molecule has 1 heterocycles. The molecule has 18 heavy (non-hydrogen) atoms. The summed E-state index contributed by atoms with van der Waals surface area (Å²) in [7, 11) is 0. The highest BCUT2D eigenvalue weighted by molar-refractivity contribution is 6.04. The van der Waals surface area contributed by atoms with Gasteiger partial charge in [-0.3, -0.25) is 4.79 Å². The third-order valence-electron chi connectivity index (χ3n) is 2.18. The Morgan fingerprint density at radius 2 is 2.06 bits per heavy atom. The predicted molar refractivity (Wildman–Crippen MR) is 59.5 cm³/mol. The molecule has 1 aromatic heterocycles. The van der Waals surface area contributed by atoms with Gasteiger partial charge in [-0.05, 0) is 12.1 Å². The number of nitrogens with one attached hydrogen (secondary N) is 1. The molecule has 7 nitrogen and oxygen atoms in total. The quantitative estimate of drug-likeness (QED) is 0.706. The highest BCUT2D eigenvalue weighted by Crippen LogP contribution is 2.27. The van der Waals surface area contributed by atoms with Crippen LogP contribution in [0, 0.1) is 0 Å². The Labute approximate surface area is 101 Å². The highest BCUT2D eigenvalue weighted by atomic mass is 16.5. The molecule has 0 saturated carbocycles. The van der Waals surface area contributed by atoms with Gasteiger partial charge in [-0.1, -0.05) is 11.2 Å². The van der Waals surface area contributed by atoms with Crippen molar-refractivity contribution in [3.8, 4) is 5.75 Å². The fourth-order valence-corrected chi connectivity index (χ4v) is 1.33. The van der Waals surface area contributed by atoms with E-state index in [9.17, 15) is 14.7 Å². The number of carboxylic acids is 1. The number of aromatic nitrogens is 1. The second kappa shape index (κ2) is 4.58. The minimum Gasteiger partial charge on any atom is -0.505 e. The zero-order chi connectivity index (χ0) is 13.1. The topological polar surface area (TPSA) is 113 Å². The molecule has 1 aromatic carbocycles. The number of amides is 1. The summed E-state index contributed by atoms with van der Waals surface area (Å²) in [6.45, 7) is 0. The standard InChI is InChI=1S/C11H8N2O5/c14-9-6(11(16)17)2-1-3-7(9)13-10(15)8-4-5-12-18-8/h1-5,14H,(H,13,15)(H,16,17). The van der Waals surface area contributed by atoms with Crippen molar-refractivity contribution in [2.24, 2.45) is 0 Å². The number of para-hydroxylation sites is 1. The molecule has 0 saturated heterocycles. The summed E-state index contributed by atoms with van der Waals surface area (Å²) in [5.74, 6) is -2.48. The van der Waals surface area contributed by atoms with Crippen LogP contribution in [0.15, 0.2) is 35.0 Å². The van der Waals surface area contributed by atoms with Crippen molar-refractivity contribution < 1.29 is 24.3 Å². The first kappa shape index (κ1) is 11.6. The summed E-state index contributed by atoms with van der Waals surface area (Å²) in [5, 5.41) is 24.2. The van der Waals surface area contributed by atoms with Crippen molar-refractivity contribution in [3.05, 3.63) is 41.8 Å². The van der Waals surface area contributed by atoms with Crippen molar-refractivity contribution in [2.45, 2.75) is 0 Å². The van der Waals surface area contributed by atoms with Gasteiger partial charge in [-0.2, -0.15) is 0 Å². The molecule has 0 aliphatic carbocycles. The second-order valence-corrected chi connectivity index (χ2v) is 3.34. The number of carbonyl (C=O) groups excluding carboxylic acids is 1. The summed E-state index contributed by atoms with van der Waals surface area (Å²) in [6.07, 6.45) is 1.29. The van der Waals surface area contributed by atoms with Crippen LogP contribution in [0.5, 0.6) is 5.75 Å². The molecule has 0 spiro atoms. The van der Waals surface area contributed by atoms with Crippen molar-refractivity contribution >= 4 is 17.6 Å². The molecule has 0 bridgehead atoms. The Bertz CT molecular complexity index is 591. The van der Waals surface area contributed by atoms with E-state index < -0.39 is 17.6 Å². The summed E-state index contributed by atoms with van der Waals surface area (Å²) in [4.78, 5) is 22.4. The SMILES string of the molecule is O=C(Nc1cccc(C(=O)O)c1O)c1ccno1. The number of carbonyl (C=O) groups is 2. The average Bonchev–Trinajstić information content (AvgIpc) is 2.85. The average molecular weight is 248 g/mol. The van der Waals surface area contributed by atoms with Crippen LogP contribution in [0.2, 0.25) is 0 Å². The third-order valence-corrected chi connectivity index (χ3v) is 2.18. The van der Waals surface area contributed by atoms with E-state index >= 15 is 0 Å². The first-order chi connectivity index (χ1) is 8.59. The molecule has 0 fully saturated rings. The fraction of sp³-hybridized carbons (Fsp3) is 0. The van der Waals surface area contributed by atoms with Gasteiger partial charge in [0.2, 0.25) is 5.76 Å². The van der Waals surface area contributed by atoms with Gasteiger partial charge in [0.15, 0.2) is 5.75 Å². The zero-order valence-electron chi connectivity index (χ0n) is 8.95. The molecule has 0 aliphatic rings. The Balaban J connectivity index is 2.27. The third kappa shape index (κ3) is 2.14. The molecule has 2 aromatic rings. The van der Waals surface area contributed by atoms with Crippen LogP contribution in [0.25, 0.3) is 0 Å². The minimum atomic E-state index is -1.29. The maximum absolute atomic E-state index is 11.6. The number of phenols is 1. The number of aromatic hydroxyl groups is 1. The van der Waals surface area contributed by atoms with E-state index in [1.54, 1.807) is 0 Å². The van der Waals surface area contributed by atoms with Crippen LogP contribution in [0.1, 0.15) is 20.9 Å². The lowest BCUT2D eigenvalue weighted by Crippen LogP contribution is -2.11. The molecule has 0 atom stereocenters. The number of hydrogen-bond acceptors (Lipinski definition) is 5. The number of carboxylic acid groups (broad SMARTS) is 1. The van der Waals surface area contributed by atoms with Gasteiger partial charge in [-0.25, -0.2) is 4.79 Å². The van der Waals surface area contributed by atoms with Crippen LogP contribution < -0.4 is 5.32 Å². The summed E-state index contributed by atoms with van der Waals surface area (Å²) >= 11 is 0. The molecule has 0 aliphatic heterocycles. The molecule has 92 valence electrons. The van der Waals surface area contributed by atoms with Gasteiger partial charge in [0.05, 0.1) is 11.9 Å². The minimum absolute atomic E-state index is 0.0173. The Hall–Kier alpha value is -2.83. The number of benzene rings is 1. The normalized spacial score (nSPS) is 10.0. The first-order valence-corrected chi connectivity index (χ1v) is 4.87. The van der Waals surface area contributed by atoms with Crippen LogP contribution in [0.3, 0.4) is 0 Å². The Morgan fingerprint density at radius 3 is 2.67 bits per heavy atom. The maximum atomic E-state index is 11.6. The van der Waals surface area contributed by atoms with Gasteiger partial charge < -0.3 is 20.1 Å². The van der Waals surface area contributed by atoms with Crippen LogP contribution >= 0.6 is 0 Å². The van der Waals surface area contributed by atoms with Gasteiger partial charge in [0.1, 0.15) is 5.56 Å². The van der Waals surface area contributed by atoms with E-state index in [1.807, 2.05) is 0 Å². The molecule has 3 N–H and O–H groups in total. The van der Waals surface area contributed by atoms with E-state index in [0.717, 1.165) is 0 Å². The number of aromatic carboxylic acids is 1. The first-order valence-electron chi connectivity index (χ1n) is 4.87. The van der Waals surface area contributed by atoms with E-state index in [4.69, 9.17) is 5.11 Å². The zero-order valence-corrected chi connectivity index (χ0v) is 8.95. The van der Waals surface area contributed by atoms with Gasteiger partial charge in [-0.15, -0.1) is 0 Å². The molecular formula is C11H8N2O5. The van der Waals surface area contributed by atoms with E-state index in [1.165, 1.54) is 30.5 Å². The predicted octanol–water partition coefficient (Wildman–Crippen LogP) is 1.33. The largest absolute Gasteiger partial charge is 0.505 e. The van der Waals surface area contributed by atoms with E-state index in [2.05, 4.69) is 15.0 Å². The molecule has 2 rings (SSSR count). The van der Waals surface area contributed by atoms with Crippen molar-refractivity contribution in [2.75, 3.05) is 5.32 Å². The lowest BCUT2D eigenvalue weighted by molar-refractivity contribution is 0.0693. The van der Waals surface area contributed by atoms with Crippen molar-refractivity contribution in [1.29, 1.82) is 0 Å². The van der Waals surface area contributed by atoms with Crippen LogP contribution in [-0.2, 0) is 0 Å². The fourth-order valence-electron chi connectivity index (χ4n) is 1.33. The summed E-state index contributed by atoms with van der Waals surface area (Å²) in [5.41, 5.74) is -0.318. The molecule has 0 unspecified atom stereocenters. The maximum Gasteiger partial charge on any atom is 0.339 e. The number of rotatable bonds is 3. The number of nitrogens with zero attached hydrogens (tertiary/aromatic N) is 1. The van der Waals surface area contributed by atoms with Crippen LogP contribution in [-0.4, -0.2) is 27.2 Å². The van der Waals surface area contributed by atoms with Gasteiger partial charge >= 0.3 is 5.97 Å². The second-order valence-electron chi connectivity index (χ2n) is 3.34.